The zero-order valence-electron chi connectivity index (χ0n) is 14.8. The average molecular weight is 349 g/mol. The predicted octanol–water partition coefficient (Wildman–Crippen LogP) is 3.61. The van der Waals surface area contributed by atoms with Crippen molar-refractivity contribution in [3.8, 4) is 5.75 Å². The summed E-state index contributed by atoms with van der Waals surface area (Å²) in [6, 6.07) is 11.5. The molecule has 2 aromatic carbocycles. The van der Waals surface area contributed by atoms with Gasteiger partial charge in [-0.1, -0.05) is 0 Å². The van der Waals surface area contributed by atoms with Crippen LogP contribution < -0.4 is 15.7 Å². The number of methoxy groups -OCH3 is 1. The summed E-state index contributed by atoms with van der Waals surface area (Å²) in [7, 11) is 1.63. The number of imidazole rings is 1. The highest BCUT2D eigenvalue weighted by Crippen LogP contribution is 2.28. The molecule has 7 heteroatoms. The number of ether oxygens (including phenoxy) is 1. The summed E-state index contributed by atoms with van der Waals surface area (Å²) < 4.78 is 6.91. The van der Waals surface area contributed by atoms with Crippen LogP contribution >= 0.6 is 0 Å². The summed E-state index contributed by atoms with van der Waals surface area (Å²) in [5.41, 5.74) is 3.15. The van der Waals surface area contributed by atoms with E-state index in [9.17, 15) is 4.79 Å². The van der Waals surface area contributed by atoms with Gasteiger partial charge in [0, 0.05) is 17.1 Å². The Bertz CT molecular complexity index is 1140. The van der Waals surface area contributed by atoms with Gasteiger partial charge in [0.15, 0.2) is 0 Å². The molecule has 0 fully saturated rings. The zero-order chi connectivity index (χ0) is 18.3. The standard InChI is InChI=1S/C19H19N5O2/c1-11(2)24-17-9-15-14(8-16(17)23-19(24)25)18(21-10-20-15)22-12-4-6-13(26-3)7-5-12/h4-11H,1-3H3,(H,23,25)(H,20,21,22). The van der Waals surface area contributed by atoms with Gasteiger partial charge in [0.05, 0.1) is 23.7 Å². The molecule has 2 heterocycles. The molecule has 2 aromatic heterocycles. The topological polar surface area (TPSA) is 84.8 Å². The highest BCUT2D eigenvalue weighted by Gasteiger charge is 2.13. The van der Waals surface area contributed by atoms with Crippen molar-refractivity contribution < 1.29 is 4.74 Å². The minimum atomic E-state index is -0.122. The monoisotopic (exact) mass is 349 g/mol. The van der Waals surface area contributed by atoms with Crippen LogP contribution in [0, 0.1) is 0 Å². The van der Waals surface area contributed by atoms with Gasteiger partial charge >= 0.3 is 5.69 Å². The van der Waals surface area contributed by atoms with Crippen molar-refractivity contribution in [2.24, 2.45) is 0 Å². The van der Waals surface area contributed by atoms with Crippen molar-refractivity contribution in [3.63, 3.8) is 0 Å². The molecule has 26 heavy (non-hydrogen) atoms. The second-order valence-electron chi connectivity index (χ2n) is 6.36. The van der Waals surface area contributed by atoms with Crippen LogP contribution in [-0.2, 0) is 0 Å². The maximum atomic E-state index is 12.2. The van der Waals surface area contributed by atoms with Gasteiger partial charge in [-0.2, -0.15) is 0 Å². The summed E-state index contributed by atoms with van der Waals surface area (Å²) in [6.07, 6.45) is 1.52. The van der Waals surface area contributed by atoms with Crippen molar-refractivity contribution in [2.45, 2.75) is 19.9 Å². The number of H-pyrrole nitrogens is 1. The molecule has 4 aromatic rings. The normalized spacial score (nSPS) is 11.4. The third kappa shape index (κ3) is 2.67. The van der Waals surface area contributed by atoms with Crippen LogP contribution in [0.3, 0.4) is 0 Å². The van der Waals surface area contributed by atoms with Crippen LogP contribution in [-0.4, -0.2) is 26.6 Å². The molecule has 0 aliphatic carbocycles. The molecule has 0 unspecified atom stereocenters. The van der Waals surface area contributed by atoms with Crippen LogP contribution in [0.2, 0.25) is 0 Å². The van der Waals surface area contributed by atoms with E-state index in [-0.39, 0.29) is 11.7 Å². The molecule has 0 saturated carbocycles. The lowest BCUT2D eigenvalue weighted by Gasteiger charge is -2.10. The van der Waals surface area contributed by atoms with Gasteiger partial charge < -0.3 is 15.0 Å². The highest BCUT2D eigenvalue weighted by molar-refractivity contribution is 5.99. The van der Waals surface area contributed by atoms with Crippen LogP contribution in [0.25, 0.3) is 21.9 Å². The number of benzene rings is 2. The van der Waals surface area contributed by atoms with Crippen molar-refractivity contribution in [3.05, 3.63) is 53.2 Å². The van der Waals surface area contributed by atoms with Crippen LogP contribution in [0.15, 0.2) is 47.5 Å². The minimum absolute atomic E-state index is 0.0624. The van der Waals surface area contributed by atoms with E-state index < -0.39 is 0 Å². The van der Waals surface area contributed by atoms with Gasteiger partial charge in [-0.3, -0.25) is 4.57 Å². The Morgan fingerprint density at radius 1 is 1.15 bits per heavy atom. The van der Waals surface area contributed by atoms with E-state index in [1.54, 1.807) is 11.7 Å². The fourth-order valence-electron chi connectivity index (χ4n) is 3.10. The summed E-state index contributed by atoms with van der Waals surface area (Å²) in [6.45, 7) is 3.96. The number of fused-ring (bicyclic) bond motifs is 2. The van der Waals surface area contributed by atoms with E-state index in [1.165, 1.54) is 6.33 Å². The molecule has 0 saturated heterocycles. The first-order valence-corrected chi connectivity index (χ1v) is 8.37. The van der Waals surface area contributed by atoms with Crippen LogP contribution in [0.4, 0.5) is 11.5 Å². The fourth-order valence-corrected chi connectivity index (χ4v) is 3.10. The van der Waals surface area contributed by atoms with Gasteiger partial charge in [0.1, 0.15) is 17.9 Å². The Morgan fingerprint density at radius 2 is 1.92 bits per heavy atom. The summed E-state index contributed by atoms with van der Waals surface area (Å²) in [5, 5.41) is 4.14. The molecule has 0 bridgehead atoms. The molecule has 0 aliphatic rings. The second-order valence-corrected chi connectivity index (χ2v) is 6.36. The molecule has 0 amide bonds. The number of aromatic nitrogens is 4. The number of hydrogen-bond donors (Lipinski definition) is 2. The Morgan fingerprint density at radius 3 is 2.62 bits per heavy atom. The number of hydrogen-bond acceptors (Lipinski definition) is 5. The maximum absolute atomic E-state index is 12.2. The predicted molar refractivity (Wildman–Crippen MR) is 102 cm³/mol. The van der Waals surface area contributed by atoms with Crippen molar-refractivity contribution in [1.29, 1.82) is 0 Å². The molecule has 132 valence electrons. The first-order chi connectivity index (χ1) is 12.6. The van der Waals surface area contributed by atoms with Gasteiger partial charge in [-0.15, -0.1) is 0 Å². The van der Waals surface area contributed by atoms with Crippen LogP contribution in [0.1, 0.15) is 19.9 Å². The third-order valence-electron chi connectivity index (χ3n) is 4.34. The molecular weight excluding hydrogens is 330 g/mol. The smallest absolute Gasteiger partial charge is 0.326 e. The quantitative estimate of drug-likeness (QED) is 0.588. The molecule has 7 nitrogen and oxygen atoms in total. The third-order valence-corrected chi connectivity index (χ3v) is 4.34. The summed E-state index contributed by atoms with van der Waals surface area (Å²) in [4.78, 5) is 23.9. The maximum Gasteiger partial charge on any atom is 0.326 e. The van der Waals surface area contributed by atoms with E-state index in [4.69, 9.17) is 4.74 Å². The Balaban J connectivity index is 1.84. The molecule has 0 aliphatic heterocycles. The second kappa shape index (κ2) is 6.18. The van der Waals surface area contributed by atoms with Crippen molar-refractivity contribution in [2.75, 3.05) is 12.4 Å². The van der Waals surface area contributed by atoms with Gasteiger partial charge in [0.2, 0.25) is 0 Å². The Labute approximate surface area is 149 Å². The summed E-state index contributed by atoms with van der Waals surface area (Å²) >= 11 is 0. The first-order valence-electron chi connectivity index (χ1n) is 8.37. The fraction of sp³-hybridized carbons (Fsp3) is 0.211. The molecule has 2 N–H and O–H groups in total. The van der Waals surface area contributed by atoms with Crippen molar-refractivity contribution in [1.82, 2.24) is 19.5 Å². The SMILES string of the molecule is COc1ccc(Nc2ncnc3cc4c(cc23)[nH]c(=O)n4C(C)C)cc1. The molecule has 0 spiro atoms. The number of aromatic amines is 1. The lowest BCUT2D eigenvalue weighted by Crippen LogP contribution is -2.18. The molecule has 0 atom stereocenters. The van der Waals surface area contributed by atoms with Gasteiger partial charge in [0.25, 0.3) is 0 Å². The van der Waals surface area contributed by atoms with E-state index in [0.717, 1.165) is 33.4 Å². The molecule has 4 rings (SSSR count). The zero-order valence-corrected chi connectivity index (χ0v) is 14.8. The van der Waals surface area contributed by atoms with E-state index in [1.807, 2.05) is 50.2 Å². The van der Waals surface area contributed by atoms with E-state index in [2.05, 4.69) is 20.3 Å². The lowest BCUT2D eigenvalue weighted by atomic mass is 10.2. The number of nitrogens with one attached hydrogen (secondary N) is 2. The molecule has 0 radical (unpaired) electrons. The van der Waals surface area contributed by atoms with Crippen molar-refractivity contribution >= 4 is 33.4 Å². The number of nitrogens with zero attached hydrogens (tertiary/aromatic N) is 3. The average Bonchev–Trinajstić information content (AvgIpc) is 2.96. The highest BCUT2D eigenvalue weighted by atomic mass is 16.5. The van der Waals surface area contributed by atoms with Crippen LogP contribution in [0.5, 0.6) is 5.75 Å². The molecular formula is C19H19N5O2. The summed E-state index contributed by atoms with van der Waals surface area (Å²) in [5.74, 6) is 1.47. The van der Waals surface area contributed by atoms with E-state index >= 15 is 0 Å². The van der Waals surface area contributed by atoms with Gasteiger partial charge in [-0.25, -0.2) is 14.8 Å². The van der Waals surface area contributed by atoms with E-state index in [0.29, 0.717) is 5.82 Å². The Hall–Kier alpha value is -3.35. The number of rotatable bonds is 4. The lowest BCUT2D eigenvalue weighted by molar-refractivity contribution is 0.415. The van der Waals surface area contributed by atoms with Gasteiger partial charge in [-0.05, 0) is 50.2 Å². The number of anilines is 2. The largest absolute Gasteiger partial charge is 0.497 e. The first kappa shape index (κ1) is 16.1. The Kier molecular flexibility index (Phi) is 3.84. The minimum Gasteiger partial charge on any atom is -0.497 e.